The van der Waals surface area contributed by atoms with Crippen molar-refractivity contribution in [2.24, 2.45) is 5.92 Å². The maximum absolute atomic E-state index is 13.7. The number of aryl methyl sites for hydroxylation is 1. The molecule has 0 atom stereocenters. The molecule has 33 heavy (non-hydrogen) atoms. The monoisotopic (exact) mass is 454 g/mol. The first kappa shape index (κ1) is 22.8. The molecule has 0 bridgehead atoms. The number of aromatic nitrogens is 4. The number of piperazine rings is 1. The summed E-state index contributed by atoms with van der Waals surface area (Å²) in [5.74, 6) is 0.136. The van der Waals surface area contributed by atoms with E-state index in [4.69, 9.17) is 5.10 Å². The van der Waals surface area contributed by atoms with Crippen molar-refractivity contribution in [2.45, 2.75) is 33.7 Å². The number of nitrogens with zero attached hydrogens (tertiary/aromatic N) is 6. The molecule has 1 aliphatic heterocycles. The fourth-order valence-corrected chi connectivity index (χ4v) is 3.97. The zero-order chi connectivity index (χ0) is 23.5. The van der Waals surface area contributed by atoms with E-state index in [9.17, 15) is 13.6 Å². The average molecular weight is 455 g/mol. The van der Waals surface area contributed by atoms with E-state index >= 15 is 0 Å². The van der Waals surface area contributed by atoms with Crippen LogP contribution in [0.15, 0.2) is 36.7 Å². The standard InChI is InChI=1S/C24H28F2N6O/c1-16(2)10-20-12-22(18-4-5-21(26)17(3)11-18)29-32(20)15-23(33)30-6-8-31(9-7-30)24-27-13-19(25)14-28-24/h4-5,11-14,16H,6-10,15H2,1-3H3. The first-order valence-corrected chi connectivity index (χ1v) is 11.1. The predicted molar refractivity (Wildman–Crippen MR) is 122 cm³/mol. The summed E-state index contributed by atoms with van der Waals surface area (Å²) in [4.78, 5) is 24.8. The maximum atomic E-state index is 13.7. The minimum atomic E-state index is -0.473. The molecule has 4 rings (SSSR count). The highest BCUT2D eigenvalue weighted by Gasteiger charge is 2.24. The lowest BCUT2D eigenvalue weighted by molar-refractivity contribution is -0.132. The van der Waals surface area contributed by atoms with Gasteiger partial charge in [0.1, 0.15) is 12.4 Å². The molecule has 174 valence electrons. The third-order valence-electron chi connectivity index (χ3n) is 5.74. The van der Waals surface area contributed by atoms with Gasteiger partial charge < -0.3 is 9.80 Å². The van der Waals surface area contributed by atoms with Crippen LogP contribution in [0.5, 0.6) is 0 Å². The number of amides is 1. The van der Waals surface area contributed by atoms with Gasteiger partial charge in [-0.2, -0.15) is 5.10 Å². The molecule has 0 radical (unpaired) electrons. The lowest BCUT2D eigenvalue weighted by atomic mass is 10.1. The third-order valence-corrected chi connectivity index (χ3v) is 5.74. The second-order valence-electron chi connectivity index (χ2n) is 8.81. The van der Waals surface area contributed by atoms with Crippen LogP contribution in [-0.4, -0.2) is 56.7 Å². The fraction of sp³-hybridized carbons (Fsp3) is 0.417. The second-order valence-corrected chi connectivity index (χ2v) is 8.81. The number of rotatable bonds is 6. The number of halogens is 2. The Balaban J connectivity index is 1.46. The minimum Gasteiger partial charge on any atom is -0.338 e. The van der Waals surface area contributed by atoms with Gasteiger partial charge in [0.15, 0.2) is 5.82 Å². The van der Waals surface area contributed by atoms with E-state index in [0.717, 1.165) is 35.8 Å². The van der Waals surface area contributed by atoms with E-state index in [2.05, 4.69) is 23.8 Å². The van der Waals surface area contributed by atoms with Gasteiger partial charge in [-0.25, -0.2) is 18.7 Å². The van der Waals surface area contributed by atoms with Gasteiger partial charge in [0.2, 0.25) is 11.9 Å². The van der Waals surface area contributed by atoms with Gasteiger partial charge in [-0.15, -0.1) is 0 Å². The Morgan fingerprint density at radius 1 is 1.06 bits per heavy atom. The van der Waals surface area contributed by atoms with Crippen molar-refractivity contribution in [3.63, 3.8) is 0 Å². The van der Waals surface area contributed by atoms with E-state index < -0.39 is 5.82 Å². The first-order chi connectivity index (χ1) is 15.8. The molecule has 0 N–H and O–H groups in total. The predicted octanol–water partition coefficient (Wildman–Crippen LogP) is 3.47. The molecular formula is C24H28F2N6O. The molecule has 3 aromatic rings. The van der Waals surface area contributed by atoms with Gasteiger partial charge >= 0.3 is 0 Å². The molecule has 2 aromatic heterocycles. The molecule has 0 spiro atoms. The van der Waals surface area contributed by atoms with Crippen molar-refractivity contribution in [3.05, 3.63) is 59.6 Å². The first-order valence-electron chi connectivity index (χ1n) is 11.1. The summed E-state index contributed by atoms with van der Waals surface area (Å²) < 4.78 is 28.5. The van der Waals surface area contributed by atoms with Crippen LogP contribution in [0.2, 0.25) is 0 Å². The summed E-state index contributed by atoms with van der Waals surface area (Å²) in [6, 6.07) is 6.93. The normalized spacial score (nSPS) is 14.2. The van der Waals surface area contributed by atoms with Gasteiger partial charge in [-0.05, 0) is 49.1 Å². The van der Waals surface area contributed by atoms with Crippen molar-refractivity contribution in [2.75, 3.05) is 31.1 Å². The fourth-order valence-electron chi connectivity index (χ4n) is 3.97. The highest BCUT2D eigenvalue weighted by atomic mass is 19.1. The third kappa shape index (κ3) is 5.35. The van der Waals surface area contributed by atoms with Gasteiger partial charge in [0.25, 0.3) is 0 Å². The Bertz CT molecular complexity index is 1120. The molecular weight excluding hydrogens is 426 g/mol. The van der Waals surface area contributed by atoms with Crippen LogP contribution in [-0.2, 0) is 17.8 Å². The Kier molecular flexibility index (Phi) is 6.67. The molecule has 0 aliphatic carbocycles. The van der Waals surface area contributed by atoms with Crippen LogP contribution >= 0.6 is 0 Å². The highest BCUT2D eigenvalue weighted by Crippen LogP contribution is 2.23. The quantitative estimate of drug-likeness (QED) is 0.571. The molecule has 1 aliphatic rings. The number of benzene rings is 1. The SMILES string of the molecule is Cc1cc(-c2cc(CC(C)C)n(CC(=O)N3CCN(c4ncc(F)cn4)CC3)n2)ccc1F. The maximum Gasteiger partial charge on any atom is 0.244 e. The van der Waals surface area contributed by atoms with Crippen LogP contribution in [0.1, 0.15) is 25.1 Å². The number of anilines is 1. The van der Waals surface area contributed by atoms with E-state index in [-0.39, 0.29) is 18.3 Å². The molecule has 1 aromatic carbocycles. The number of hydrogen-bond acceptors (Lipinski definition) is 5. The van der Waals surface area contributed by atoms with Crippen LogP contribution < -0.4 is 4.90 Å². The van der Waals surface area contributed by atoms with E-state index in [1.54, 1.807) is 23.7 Å². The lowest BCUT2D eigenvalue weighted by Crippen LogP contribution is -2.50. The van der Waals surface area contributed by atoms with Crippen molar-refractivity contribution < 1.29 is 13.6 Å². The van der Waals surface area contributed by atoms with Crippen LogP contribution in [0.4, 0.5) is 14.7 Å². The molecule has 3 heterocycles. The molecule has 9 heteroatoms. The van der Waals surface area contributed by atoms with E-state index in [1.807, 2.05) is 15.9 Å². The zero-order valence-electron chi connectivity index (χ0n) is 19.1. The summed E-state index contributed by atoms with van der Waals surface area (Å²) in [6.07, 6.45) is 3.08. The Hall–Kier alpha value is -3.36. The summed E-state index contributed by atoms with van der Waals surface area (Å²) >= 11 is 0. The smallest absolute Gasteiger partial charge is 0.244 e. The Morgan fingerprint density at radius 2 is 1.76 bits per heavy atom. The van der Waals surface area contributed by atoms with Crippen LogP contribution in [0.3, 0.4) is 0 Å². The number of carbonyl (C=O) groups excluding carboxylic acids is 1. The van der Waals surface area contributed by atoms with Crippen molar-refractivity contribution >= 4 is 11.9 Å². The van der Waals surface area contributed by atoms with Crippen molar-refractivity contribution in [1.29, 1.82) is 0 Å². The molecule has 1 saturated heterocycles. The largest absolute Gasteiger partial charge is 0.338 e. The van der Waals surface area contributed by atoms with Crippen molar-refractivity contribution in [1.82, 2.24) is 24.6 Å². The molecule has 0 saturated carbocycles. The summed E-state index contributed by atoms with van der Waals surface area (Å²) in [6.45, 7) is 8.34. The number of carbonyl (C=O) groups is 1. The van der Waals surface area contributed by atoms with Gasteiger partial charge in [-0.3, -0.25) is 9.48 Å². The van der Waals surface area contributed by atoms with Gasteiger partial charge in [-0.1, -0.05) is 13.8 Å². The molecule has 1 fully saturated rings. The molecule has 0 unspecified atom stereocenters. The lowest BCUT2D eigenvalue weighted by Gasteiger charge is -2.34. The summed E-state index contributed by atoms with van der Waals surface area (Å²) in [5, 5.41) is 4.69. The van der Waals surface area contributed by atoms with Gasteiger partial charge in [0.05, 0.1) is 18.1 Å². The second kappa shape index (κ2) is 9.64. The van der Waals surface area contributed by atoms with Crippen LogP contribution in [0.25, 0.3) is 11.3 Å². The summed E-state index contributed by atoms with van der Waals surface area (Å²) in [5.41, 5.74) is 3.11. The van der Waals surface area contributed by atoms with Crippen molar-refractivity contribution in [3.8, 4) is 11.3 Å². The Labute approximate surface area is 192 Å². The topological polar surface area (TPSA) is 67.2 Å². The minimum absolute atomic E-state index is 0.00961. The summed E-state index contributed by atoms with van der Waals surface area (Å²) in [7, 11) is 0. The van der Waals surface area contributed by atoms with Gasteiger partial charge in [0, 0.05) is 37.4 Å². The molecule has 1 amide bonds. The van der Waals surface area contributed by atoms with E-state index in [0.29, 0.717) is 43.6 Å². The van der Waals surface area contributed by atoms with E-state index in [1.165, 1.54) is 6.07 Å². The average Bonchev–Trinajstić information content (AvgIpc) is 3.17. The molecule has 7 nitrogen and oxygen atoms in total. The van der Waals surface area contributed by atoms with Crippen LogP contribution in [0, 0.1) is 24.5 Å². The Morgan fingerprint density at radius 3 is 2.39 bits per heavy atom. The number of hydrogen-bond donors (Lipinski definition) is 0. The zero-order valence-corrected chi connectivity index (χ0v) is 19.1. The highest BCUT2D eigenvalue weighted by molar-refractivity contribution is 5.76.